The smallest absolute Gasteiger partial charge is 0.236 e. The number of piperazine rings is 2. The van der Waals surface area contributed by atoms with Crippen LogP contribution in [0.5, 0.6) is 5.75 Å². The quantitative estimate of drug-likeness (QED) is 0.878. The predicted molar refractivity (Wildman–Crippen MR) is 112 cm³/mol. The number of anilines is 2. The summed E-state index contributed by atoms with van der Waals surface area (Å²) >= 11 is 0. The zero-order valence-corrected chi connectivity index (χ0v) is 16.2. The van der Waals surface area contributed by atoms with Crippen LogP contribution in [-0.4, -0.2) is 79.7 Å². The molecule has 6 nitrogen and oxygen atoms in total. The monoisotopic (exact) mass is 380 g/mol. The van der Waals surface area contributed by atoms with Crippen molar-refractivity contribution in [3.05, 3.63) is 54.6 Å². The molecule has 0 spiro atoms. The summed E-state index contributed by atoms with van der Waals surface area (Å²) in [6.45, 7) is 7.15. The number of para-hydroxylation sites is 3. The van der Waals surface area contributed by atoms with Crippen LogP contribution in [0.4, 0.5) is 11.4 Å². The molecule has 1 amide bonds. The number of benzene rings is 2. The third-order valence-corrected chi connectivity index (χ3v) is 5.71. The Balaban J connectivity index is 1.24. The van der Waals surface area contributed by atoms with Crippen molar-refractivity contribution in [2.75, 3.05) is 68.7 Å². The van der Waals surface area contributed by atoms with Crippen LogP contribution in [0.1, 0.15) is 0 Å². The second kappa shape index (κ2) is 8.52. The second-order valence-electron chi connectivity index (χ2n) is 7.46. The Morgan fingerprint density at radius 1 is 0.750 bits per heavy atom. The van der Waals surface area contributed by atoms with E-state index in [9.17, 15) is 9.90 Å². The topological polar surface area (TPSA) is 50.3 Å². The van der Waals surface area contributed by atoms with Gasteiger partial charge in [0.25, 0.3) is 0 Å². The Kier molecular flexibility index (Phi) is 5.67. The molecule has 2 heterocycles. The van der Waals surface area contributed by atoms with Gasteiger partial charge < -0.3 is 19.8 Å². The van der Waals surface area contributed by atoms with Crippen molar-refractivity contribution < 1.29 is 9.90 Å². The largest absolute Gasteiger partial charge is 0.506 e. The molecule has 28 heavy (non-hydrogen) atoms. The molecule has 2 aromatic rings. The van der Waals surface area contributed by atoms with Crippen LogP contribution in [0.25, 0.3) is 0 Å². The summed E-state index contributed by atoms with van der Waals surface area (Å²) < 4.78 is 0. The first-order chi connectivity index (χ1) is 13.7. The lowest BCUT2D eigenvalue weighted by atomic mass is 10.2. The number of phenols is 1. The molecule has 0 aliphatic carbocycles. The SMILES string of the molecule is O=C(CN1CCN(c2ccccc2O)CC1)N1CCN(c2ccccc2)CC1. The molecule has 1 N–H and O–H groups in total. The number of amides is 1. The fraction of sp³-hybridized carbons (Fsp3) is 0.409. The molecule has 0 saturated carbocycles. The first-order valence-electron chi connectivity index (χ1n) is 10.0. The van der Waals surface area contributed by atoms with Gasteiger partial charge in [0.2, 0.25) is 5.91 Å². The molecular formula is C22H28N4O2. The Morgan fingerprint density at radius 3 is 2.04 bits per heavy atom. The van der Waals surface area contributed by atoms with Crippen molar-refractivity contribution in [1.29, 1.82) is 0 Å². The van der Waals surface area contributed by atoms with Crippen molar-refractivity contribution in [2.45, 2.75) is 0 Å². The predicted octanol–water partition coefficient (Wildman–Crippen LogP) is 1.86. The molecule has 2 aliphatic heterocycles. The first kappa shape index (κ1) is 18.6. The summed E-state index contributed by atoms with van der Waals surface area (Å²) in [5, 5.41) is 10.0. The van der Waals surface area contributed by atoms with Crippen molar-refractivity contribution >= 4 is 17.3 Å². The van der Waals surface area contributed by atoms with Gasteiger partial charge in [-0.1, -0.05) is 30.3 Å². The maximum atomic E-state index is 12.7. The Labute approximate surface area is 166 Å². The van der Waals surface area contributed by atoms with E-state index in [1.165, 1.54) is 5.69 Å². The maximum absolute atomic E-state index is 12.7. The fourth-order valence-electron chi connectivity index (χ4n) is 4.02. The summed E-state index contributed by atoms with van der Waals surface area (Å²) in [5.41, 5.74) is 2.11. The zero-order chi connectivity index (χ0) is 19.3. The van der Waals surface area contributed by atoms with E-state index in [1.54, 1.807) is 6.07 Å². The van der Waals surface area contributed by atoms with Crippen LogP contribution in [0.15, 0.2) is 54.6 Å². The molecule has 2 fully saturated rings. The molecule has 0 bridgehead atoms. The number of nitrogens with zero attached hydrogens (tertiary/aromatic N) is 4. The van der Waals surface area contributed by atoms with Crippen molar-refractivity contribution in [3.63, 3.8) is 0 Å². The van der Waals surface area contributed by atoms with E-state index >= 15 is 0 Å². The van der Waals surface area contributed by atoms with E-state index in [4.69, 9.17) is 0 Å². The Hall–Kier alpha value is -2.73. The molecule has 2 saturated heterocycles. The van der Waals surface area contributed by atoms with Gasteiger partial charge in [-0.25, -0.2) is 0 Å². The summed E-state index contributed by atoms with van der Waals surface area (Å²) in [5.74, 6) is 0.548. The number of phenolic OH excluding ortho intramolecular Hbond substituents is 1. The van der Waals surface area contributed by atoms with Gasteiger partial charge in [0.1, 0.15) is 5.75 Å². The number of rotatable bonds is 4. The van der Waals surface area contributed by atoms with Crippen LogP contribution in [0, 0.1) is 0 Å². The normalized spacial score (nSPS) is 18.4. The van der Waals surface area contributed by atoms with Gasteiger partial charge >= 0.3 is 0 Å². The molecule has 4 rings (SSSR count). The Bertz CT molecular complexity index is 782. The molecule has 0 unspecified atom stereocenters. The lowest BCUT2D eigenvalue weighted by molar-refractivity contribution is -0.132. The molecule has 148 valence electrons. The van der Waals surface area contributed by atoms with Crippen molar-refractivity contribution in [3.8, 4) is 5.75 Å². The highest BCUT2D eigenvalue weighted by atomic mass is 16.3. The van der Waals surface area contributed by atoms with Gasteiger partial charge in [-0.2, -0.15) is 0 Å². The number of hydrogen-bond donors (Lipinski definition) is 1. The molecule has 2 aliphatic rings. The van der Waals surface area contributed by atoms with E-state index in [0.29, 0.717) is 12.3 Å². The number of aromatic hydroxyl groups is 1. The first-order valence-corrected chi connectivity index (χ1v) is 10.0. The fourth-order valence-corrected chi connectivity index (χ4v) is 4.02. The molecule has 2 aromatic carbocycles. The third-order valence-electron chi connectivity index (χ3n) is 5.71. The summed E-state index contributed by atoms with van der Waals surface area (Å²) in [7, 11) is 0. The second-order valence-corrected chi connectivity index (χ2v) is 7.46. The van der Waals surface area contributed by atoms with Crippen LogP contribution in [-0.2, 0) is 4.79 Å². The lowest BCUT2D eigenvalue weighted by Gasteiger charge is -2.39. The van der Waals surface area contributed by atoms with E-state index in [0.717, 1.165) is 58.0 Å². The van der Waals surface area contributed by atoms with Gasteiger partial charge in [0, 0.05) is 58.0 Å². The van der Waals surface area contributed by atoms with E-state index in [-0.39, 0.29) is 5.91 Å². The van der Waals surface area contributed by atoms with Crippen molar-refractivity contribution in [1.82, 2.24) is 9.80 Å². The number of carbonyl (C=O) groups excluding carboxylic acids is 1. The molecular weight excluding hydrogens is 352 g/mol. The van der Waals surface area contributed by atoms with Gasteiger partial charge in [0.05, 0.1) is 12.2 Å². The summed E-state index contributed by atoms with van der Waals surface area (Å²) in [6, 6.07) is 17.8. The minimum atomic E-state index is 0.226. The van der Waals surface area contributed by atoms with Crippen LogP contribution < -0.4 is 9.80 Å². The van der Waals surface area contributed by atoms with Gasteiger partial charge in [-0.05, 0) is 24.3 Å². The highest BCUT2D eigenvalue weighted by Gasteiger charge is 2.25. The minimum Gasteiger partial charge on any atom is -0.506 e. The molecule has 0 atom stereocenters. The van der Waals surface area contributed by atoms with Crippen LogP contribution in [0.2, 0.25) is 0 Å². The average Bonchev–Trinajstić information content (AvgIpc) is 2.75. The summed E-state index contributed by atoms with van der Waals surface area (Å²) in [6.07, 6.45) is 0. The van der Waals surface area contributed by atoms with Crippen LogP contribution in [0.3, 0.4) is 0 Å². The molecule has 6 heteroatoms. The zero-order valence-electron chi connectivity index (χ0n) is 16.2. The molecule has 0 aromatic heterocycles. The maximum Gasteiger partial charge on any atom is 0.236 e. The number of carbonyl (C=O) groups is 1. The van der Waals surface area contributed by atoms with Gasteiger partial charge in [-0.3, -0.25) is 9.69 Å². The van der Waals surface area contributed by atoms with E-state index in [1.807, 2.05) is 29.2 Å². The lowest BCUT2D eigenvalue weighted by Crippen LogP contribution is -2.54. The third kappa shape index (κ3) is 4.22. The van der Waals surface area contributed by atoms with E-state index < -0.39 is 0 Å². The van der Waals surface area contributed by atoms with Gasteiger partial charge in [0.15, 0.2) is 0 Å². The van der Waals surface area contributed by atoms with E-state index in [2.05, 4.69) is 39.0 Å². The van der Waals surface area contributed by atoms with Crippen molar-refractivity contribution in [2.24, 2.45) is 0 Å². The number of hydrogen-bond acceptors (Lipinski definition) is 5. The van der Waals surface area contributed by atoms with Crippen LogP contribution >= 0.6 is 0 Å². The highest BCUT2D eigenvalue weighted by molar-refractivity contribution is 5.78. The van der Waals surface area contributed by atoms with Gasteiger partial charge in [-0.15, -0.1) is 0 Å². The average molecular weight is 380 g/mol. The highest BCUT2D eigenvalue weighted by Crippen LogP contribution is 2.27. The molecule has 0 radical (unpaired) electrons. The summed E-state index contributed by atoms with van der Waals surface area (Å²) in [4.78, 5) is 21.5. The standard InChI is InChI=1S/C22H28N4O2/c27-21-9-5-4-8-20(21)25-12-10-23(11-13-25)18-22(28)26-16-14-24(15-17-26)19-6-2-1-3-7-19/h1-9,27H,10-18H2. The minimum absolute atomic E-state index is 0.226. The Morgan fingerprint density at radius 2 is 1.36 bits per heavy atom.